The van der Waals surface area contributed by atoms with Crippen molar-refractivity contribution in [2.75, 3.05) is 13.2 Å². The van der Waals surface area contributed by atoms with E-state index in [1.165, 1.54) is 12.1 Å². The van der Waals surface area contributed by atoms with Crippen LogP contribution in [-0.2, 0) is 14.4 Å². The molecule has 170 valence electrons. The summed E-state index contributed by atoms with van der Waals surface area (Å²) in [4.78, 5) is 30.2. The van der Waals surface area contributed by atoms with E-state index >= 15 is 0 Å². The summed E-state index contributed by atoms with van der Waals surface area (Å²) in [7, 11) is 0. The topological polar surface area (TPSA) is 88.7 Å². The van der Waals surface area contributed by atoms with Gasteiger partial charge in [-0.3, -0.25) is 14.4 Å². The zero-order valence-corrected chi connectivity index (χ0v) is 18.6. The molecule has 31 heavy (non-hydrogen) atoms. The van der Waals surface area contributed by atoms with Gasteiger partial charge >= 0.3 is 0 Å². The Bertz CT molecular complexity index is 837. The molecule has 4 fully saturated rings. The van der Waals surface area contributed by atoms with E-state index in [0.29, 0.717) is 37.8 Å². The summed E-state index contributed by atoms with van der Waals surface area (Å²) in [6.45, 7) is 4.62. The SMILES string of the molecule is CC1NOC(C)C1CCCNC(=O)C12CC(NC(=O)COc3ccc(Cl)c(F)c3)(C1)C2. The number of benzene rings is 1. The van der Waals surface area contributed by atoms with Crippen LogP contribution in [0.5, 0.6) is 5.75 Å². The summed E-state index contributed by atoms with van der Waals surface area (Å²) in [6.07, 6.45) is 4.07. The third kappa shape index (κ3) is 4.52. The number of nitrogens with one attached hydrogen (secondary N) is 3. The van der Waals surface area contributed by atoms with Gasteiger partial charge in [0.2, 0.25) is 5.91 Å². The van der Waals surface area contributed by atoms with Gasteiger partial charge in [-0.15, -0.1) is 0 Å². The molecule has 5 rings (SSSR count). The molecule has 3 atom stereocenters. The molecule has 1 heterocycles. The Morgan fingerprint density at radius 2 is 2.06 bits per heavy atom. The number of ether oxygens (including phenoxy) is 1. The fourth-order valence-electron chi connectivity index (χ4n) is 5.22. The largest absolute Gasteiger partial charge is 0.484 e. The summed E-state index contributed by atoms with van der Waals surface area (Å²) in [5.74, 6) is -0.0894. The fraction of sp³-hybridized carbons (Fsp3) is 0.636. The second-order valence-electron chi connectivity index (χ2n) is 9.30. The predicted molar refractivity (Wildman–Crippen MR) is 113 cm³/mol. The number of amides is 2. The summed E-state index contributed by atoms with van der Waals surface area (Å²) in [5.41, 5.74) is 2.36. The van der Waals surface area contributed by atoms with Gasteiger partial charge in [-0.1, -0.05) is 11.6 Å². The molecule has 3 unspecified atom stereocenters. The van der Waals surface area contributed by atoms with Crippen molar-refractivity contribution < 1.29 is 23.6 Å². The lowest BCUT2D eigenvalue weighted by Crippen LogP contribution is -2.78. The number of rotatable bonds is 9. The number of hydrogen-bond acceptors (Lipinski definition) is 5. The maximum absolute atomic E-state index is 13.4. The second-order valence-corrected chi connectivity index (χ2v) is 9.70. The third-order valence-corrected chi connectivity index (χ3v) is 7.17. The highest BCUT2D eigenvalue weighted by molar-refractivity contribution is 6.30. The van der Waals surface area contributed by atoms with E-state index in [9.17, 15) is 14.0 Å². The van der Waals surface area contributed by atoms with Gasteiger partial charge in [0.05, 0.1) is 16.5 Å². The first kappa shape index (κ1) is 22.3. The van der Waals surface area contributed by atoms with E-state index in [4.69, 9.17) is 21.2 Å². The molecule has 2 amide bonds. The van der Waals surface area contributed by atoms with Crippen molar-refractivity contribution in [2.24, 2.45) is 11.3 Å². The minimum Gasteiger partial charge on any atom is -0.484 e. The average molecular weight is 454 g/mol. The number of carbonyl (C=O) groups is 2. The highest BCUT2D eigenvalue weighted by atomic mass is 35.5. The molecule has 0 spiro atoms. The van der Waals surface area contributed by atoms with Crippen LogP contribution in [0.2, 0.25) is 5.02 Å². The van der Waals surface area contributed by atoms with E-state index < -0.39 is 5.82 Å². The van der Waals surface area contributed by atoms with Crippen LogP contribution in [0.4, 0.5) is 4.39 Å². The van der Waals surface area contributed by atoms with Crippen molar-refractivity contribution in [1.82, 2.24) is 16.1 Å². The molecular weight excluding hydrogens is 425 g/mol. The Kier molecular flexibility index (Phi) is 6.16. The maximum atomic E-state index is 13.4. The van der Waals surface area contributed by atoms with Crippen LogP contribution in [0.15, 0.2) is 18.2 Å². The third-order valence-electron chi connectivity index (χ3n) is 6.86. The standard InChI is InChI=1S/C22H29ClFN3O4/c1-13-16(14(2)31-27-13)4-3-7-25-20(29)21-10-22(11-21,12-21)26-19(28)9-30-15-5-6-17(23)18(24)8-15/h5-6,8,13-14,16,27H,3-4,7,9-12H2,1-2H3,(H,25,29)(H,26,28). The van der Waals surface area contributed by atoms with Crippen molar-refractivity contribution in [1.29, 1.82) is 0 Å². The van der Waals surface area contributed by atoms with E-state index in [1.807, 2.05) is 0 Å². The van der Waals surface area contributed by atoms with Crippen LogP contribution < -0.4 is 20.9 Å². The van der Waals surface area contributed by atoms with Gasteiger partial charge in [0.15, 0.2) is 6.61 Å². The quantitative estimate of drug-likeness (QED) is 0.500. The lowest BCUT2D eigenvalue weighted by atomic mass is 9.39. The highest BCUT2D eigenvalue weighted by Crippen LogP contribution is 2.67. The monoisotopic (exact) mass is 453 g/mol. The Hall–Kier alpha value is -1.90. The second kappa shape index (κ2) is 8.56. The normalized spacial score (nSPS) is 33.2. The Morgan fingerprint density at radius 1 is 1.32 bits per heavy atom. The molecule has 3 aliphatic carbocycles. The summed E-state index contributed by atoms with van der Waals surface area (Å²) < 4.78 is 18.8. The molecule has 3 saturated carbocycles. The Morgan fingerprint density at radius 3 is 2.71 bits per heavy atom. The van der Waals surface area contributed by atoms with Crippen molar-refractivity contribution in [3.05, 3.63) is 29.0 Å². The lowest BCUT2D eigenvalue weighted by molar-refractivity contribution is -0.183. The molecule has 4 aliphatic rings. The summed E-state index contributed by atoms with van der Waals surface area (Å²) in [6, 6.07) is 4.37. The molecule has 1 aliphatic heterocycles. The molecule has 1 aromatic carbocycles. The van der Waals surface area contributed by atoms with Crippen LogP contribution in [0.25, 0.3) is 0 Å². The van der Waals surface area contributed by atoms with Gasteiger partial charge in [0.25, 0.3) is 5.91 Å². The Balaban J connectivity index is 1.13. The van der Waals surface area contributed by atoms with Crippen LogP contribution in [0.1, 0.15) is 46.0 Å². The smallest absolute Gasteiger partial charge is 0.258 e. The molecule has 1 aromatic rings. The molecule has 9 heteroatoms. The lowest BCUT2D eigenvalue weighted by Gasteiger charge is -2.69. The minimum absolute atomic E-state index is 0.00270. The molecule has 3 N–H and O–H groups in total. The van der Waals surface area contributed by atoms with Gasteiger partial charge < -0.3 is 15.4 Å². The van der Waals surface area contributed by atoms with Crippen molar-refractivity contribution >= 4 is 23.4 Å². The van der Waals surface area contributed by atoms with E-state index in [2.05, 4.69) is 30.0 Å². The van der Waals surface area contributed by atoms with Crippen molar-refractivity contribution in [3.63, 3.8) is 0 Å². The molecule has 1 saturated heterocycles. The number of halogens is 2. The van der Waals surface area contributed by atoms with Crippen molar-refractivity contribution in [3.8, 4) is 5.75 Å². The molecule has 2 bridgehead atoms. The van der Waals surface area contributed by atoms with Gasteiger partial charge in [-0.25, -0.2) is 4.39 Å². The zero-order chi connectivity index (χ0) is 22.2. The molecule has 0 aromatic heterocycles. The average Bonchev–Trinajstić information content (AvgIpc) is 2.99. The van der Waals surface area contributed by atoms with Crippen LogP contribution in [0.3, 0.4) is 0 Å². The molecule has 0 radical (unpaired) electrons. The predicted octanol–water partition coefficient (Wildman–Crippen LogP) is 2.72. The highest BCUT2D eigenvalue weighted by Gasteiger charge is 2.72. The van der Waals surface area contributed by atoms with Gasteiger partial charge in [-0.2, -0.15) is 5.48 Å². The summed E-state index contributed by atoms with van der Waals surface area (Å²) in [5, 5.41) is 6.03. The maximum Gasteiger partial charge on any atom is 0.258 e. The Labute approximate surface area is 186 Å². The van der Waals surface area contributed by atoms with E-state index in [-0.39, 0.29) is 46.3 Å². The summed E-state index contributed by atoms with van der Waals surface area (Å²) >= 11 is 5.63. The molecular formula is C22H29ClFN3O4. The first-order chi connectivity index (χ1) is 14.7. The first-order valence-corrected chi connectivity index (χ1v) is 11.2. The number of hydrogen-bond donors (Lipinski definition) is 3. The number of hydroxylamine groups is 1. The first-order valence-electron chi connectivity index (χ1n) is 10.8. The van der Waals surface area contributed by atoms with E-state index in [1.54, 1.807) is 0 Å². The van der Waals surface area contributed by atoms with Gasteiger partial charge in [-0.05, 0) is 58.1 Å². The van der Waals surface area contributed by atoms with E-state index in [0.717, 1.165) is 18.9 Å². The van der Waals surface area contributed by atoms with Gasteiger partial charge in [0.1, 0.15) is 11.6 Å². The minimum atomic E-state index is -0.593. The van der Waals surface area contributed by atoms with Crippen LogP contribution >= 0.6 is 11.6 Å². The molecule has 7 nitrogen and oxygen atoms in total. The van der Waals surface area contributed by atoms with Gasteiger partial charge in [0, 0.05) is 30.1 Å². The fourth-order valence-corrected chi connectivity index (χ4v) is 5.33. The zero-order valence-electron chi connectivity index (χ0n) is 17.8. The van der Waals surface area contributed by atoms with Crippen LogP contribution in [-0.4, -0.2) is 42.7 Å². The number of carbonyl (C=O) groups excluding carboxylic acids is 2. The van der Waals surface area contributed by atoms with Crippen molar-refractivity contribution in [2.45, 2.75) is 63.6 Å². The van der Waals surface area contributed by atoms with Crippen LogP contribution in [0, 0.1) is 17.2 Å².